The molecular formula is C19H16ClNO4S. The van der Waals surface area contributed by atoms with Crippen LogP contribution in [0.4, 0.5) is 0 Å². The van der Waals surface area contributed by atoms with Crippen molar-refractivity contribution in [2.45, 2.75) is 4.90 Å². The maximum atomic E-state index is 12.5. The molecule has 3 aromatic carbocycles. The Bertz CT molecular complexity index is 1050. The standard InChI is InChI=1S/C19H16ClNO4S/c1-21(26(23,24)18-10-7-16(20)8-11-18)13-19(22)25-17-9-6-14-4-2-3-5-15(14)12-17/h2-12H,13H2,1H3. The van der Waals surface area contributed by atoms with Crippen molar-refractivity contribution in [1.82, 2.24) is 4.31 Å². The highest BCUT2D eigenvalue weighted by Crippen LogP contribution is 2.21. The second-order valence-electron chi connectivity index (χ2n) is 5.70. The van der Waals surface area contributed by atoms with E-state index in [0.717, 1.165) is 15.1 Å². The zero-order valence-corrected chi connectivity index (χ0v) is 15.5. The molecule has 3 rings (SSSR count). The number of sulfonamides is 1. The minimum Gasteiger partial charge on any atom is -0.426 e. The van der Waals surface area contributed by atoms with Crippen molar-refractivity contribution in [3.8, 4) is 5.75 Å². The Labute approximate surface area is 156 Å². The van der Waals surface area contributed by atoms with Crippen LogP contribution in [0.1, 0.15) is 0 Å². The van der Waals surface area contributed by atoms with Crippen molar-refractivity contribution in [2.24, 2.45) is 0 Å². The SMILES string of the molecule is CN(CC(=O)Oc1ccc2ccccc2c1)S(=O)(=O)c1ccc(Cl)cc1. The van der Waals surface area contributed by atoms with Gasteiger partial charge in [-0.3, -0.25) is 4.79 Å². The van der Waals surface area contributed by atoms with E-state index in [1.807, 2.05) is 30.3 Å². The Morgan fingerprint density at radius 3 is 2.35 bits per heavy atom. The molecule has 0 bridgehead atoms. The molecular weight excluding hydrogens is 374 g/mol. The van der Waals surface area contributed by atoms with Crippen LogP contribution in [-0.2, 0) is 14.8 Å². The quantitative estimate of drug-likeness (QED) is 0.493. The summed E-state index contributed by atoms with van der Waals surface area (Å²) in [5, 5.41) is 2.39. The number of fused-ring (bicyclic) bond motifs is 1. The van der Waals surface area contributed by atoms with E-state index in [-0.39, 0.29) is 4.90 Å². The Balaban J connectivity index is 1.71. The predicted octanol–water partition coefficient (Wildman–Crippen LogP) is 3.72. The lowest BCUT2D eigenvalue weighted by molar-refractivity contribution is -0.134. The van der Waals surface area contributed by atoms with Crippen LogP contribution >= 0.6 is 11.6 Å². The molecule has 3 aromatic rings. The van der Waals surface area contributed by atoms with Crippen molar-refractivity contribution in [1.29, 1.82) is 0 Å². The van der Waals surface area contributed by atoms with Crippen LogP contribution in [0.2, 0.25) is 5.02 Å². The normalized spacial score (nSPS) is 11.7. The minimum atomic E-state index is -3.80. The molecule has 0 spiro atoms. The summed E-state index contributed by atoms with van der Waals surface area (Å²) in [6.07, 6.45) is 0. The molecule has 0 fully saturated rings. The van der Waals surface area contributed by atoms with Crippen LogP contribution in [0, 0.1) is 0 Å². The van der Waals surface area contributed by atoms with Gasteiger partial charge in [0.05, 0.1) is 4.90 Å². The van der Waals surface area contributed by atoms with Crippen molar-refractivity contribution in [2.75, 3.05) is 13.6 Å². The van der Waals surface area contributed by atoms with Crippen LogP contribution in [0.5, 0.6) is 5.75 Å². The first-order chi connectivity index (χ1) is 12.4. The second kappa shape index (κ2) is 7.45. The zero-order valence-electron chi connectivity index (χ0n) is 13.9. The molecule has 0 radical (unpaired) electrons. The number of carbonyl (C=O) groups is 1. The fourth-order valence-electron chi connectivity index (χ4n) is 2.45. The number of carbonyl (C=O) groups excluding carboxylic acids is 1. The van der Waals surface area contributed by atoms with Gasteiger partial charge >= 0.3 is 5.97 Å². The maximum Gasteiger partial charge on any atom is 0.326 e. The molecule has 0 aromatic heterocycles. The monoisotopic (exact) mass is 389 g/mol. The van der Waals surface area contributed by atoms with Crippen LogP contribution < -0.4 is 4.74 Å². The summed E-state index contributed by atoms with van der Waals surface area (Å²) >= 11 is 5.77. The van der Waals surface area contributed by atoms with Gasteiger partial charge in [0, 0.05) is 12.1 Å². The average molecular weight is 390 g/mol. The number of benzene rings is 3. The number of halogens is 1. The number of ether oxygens (including phenoxy) is 1. The summed E-state index contributed by atoms with van der Waals surface area (Å²) in [4.78, 5) is 12.2. The lowest BCUT2D eigenvalue weighted by atomic mass is 10.1. The predicted molar refractivity (Wildman–Crippen MR) is 101 cm³/mol. The number of rotatable bonds is 5. The lowest BCUT2D eigenvalue weighted by Gasteiger charge is -2.16. The highest BCUT2D eigenvalue weighted by atomic mass is 35.5. The van der Waals surface area contributed by atoms with Gasteiger partial charge in [0.15, 0.2) is 0 Å². The molecule has 0 unspecified atom stereocenters. The number of hydrogen-bond acceptors (Lipinski definition) is 4. The summed E-state index contributed by atoms with van der Waals surface area (Å²) in [5.41, 5.74) is 0. The summed E-state index contributed by atoms with van der Waals surface area (Å²) in [7, 11) is -2.48. The van der Waals surface area contributed by atoms with Crippen LogP contribution in [0.15, 0.2) is 71.6 Å². The van der Waals surface area contributed by atoms with E-state index < -0.39 is 22.5 Å². The van der Waals surface area contributed by atoms with Gasteiger partial charge in [-0.05, 0) is 47.2 Å². The Kier molecular flexibility index (Phi) is 5.27. The van der Waals surface area contributed by atoms with Gasteiger partial charge in [-0.2, -0.15) is 4.31 Å². The third-order valence-corrected chi connectivity index (χ3v) is 5.90. The lowest BCUT2D eigenvalue weighted by Crippen LogP contribution is -2.34. The molecule has 0 atom stereocenters. The fourth-order valence-corrected chi connectivity index (χ4v) is 3.69. The van der Waals surface area contributed by atoms with Crippen molar-refractivity contribution in [3.63, 3.8) is 0 Å². The fraction of sp³-hybridized carbons (Fsp3) is 0.105. The molecule has 0 aliphatic rings. The molecule has 0 amide bonds. The number of esters is 1. The smallest absolute Gasteiger partial charge is 0.326 e. The van der Waals surface area contributed by atoms with E-state index in [1.54, 1.807) is 12.1 Å². The largest absolute Gasteiger partial charge is 0.426 e. The van der Waals surface area contributed by atoms with Gasteiger partial charge < -0.3 is 4.74 Å². The highest BCUT2D eigenvalue weighted by Gasteiger charge is 2.23. The number of nitrogens with zero attached hydrogens (tertiary/aromatic N) is 1. The van der Waals surface area contributed by atoms with E-state index in [0.29, 0.717) is 10.8 Å². The third kappa shape index (κ3) is 4.04. The van der Waals surface area contributed by atoms with E-state index in [1.165, 1.54) is 31.3 Å². The van der Waals surface area contributed by atoms with Crippen LogP contribution in [0.3, 0.4) is 0 Å². The Morgan fingerprint density at radius 1 is 1.00 bits per heavy atom. The summed E-state index contributed by atoms with van der Waals surface area (Å²) in [6.45, 7) is -0.405. The molecule has 26 heavy (non-hydrogen) atoms. The van der Waals surface area contributed by atoms with Crippen molar-refractivity contribution in [3.05, 3.63) is 71.8 Å². The van der Waals surface area contributed by atoms with Gasteiger partial charge in [0.1, 0.15) is 12.3 Å². The molecule has 5 nitrogen and oxygen atoms in total. The van der Waals surface area contributed by atoms with Crippen LogP contribution in [0.25, 0.3) is 10.8 Å². The first-order valence-corrected chi connectivity index (χ1v) is 9.59. The Hall–Kier alpha value is -2.41. The van der Waals surface area contributed by atoms with Gasteiger partial charge in [-0.15, -0.1) is 0 Å². The molecule has 134 valence electrons. The minimum absolute atomic E-state index is 0.0582. The van der Waals surface area contributed by atoms with Gasteiger partial charge in [0.25, 0.3) is 0 Å². The molecule has 0 heterocycles. The average Bonchev–Trinajstić information content (AvgIpc) is 2.61. The van der Waals surface area contributed by atoms with E-state index in [9.17, 15) is 13.2 Å². The highest BCUT2D eigenvalue weighted by molar-refractivity contribution is 7.89. The van der Waals surface area contributed by atoms with Gasteiger partial charge in [-0.25, -0.2) is 8.42 Å². The zero-order chi connectivity index (χ0) is 18.7. The molecule has 0 N–H and O–H groups in total. The van der Waals surface area contributed by atoms with Gasteiger partial charge in [0.2, 0.25) is 10.0 Å². The third-order valence-electron chi connectivity index (χ3n) is 3.83. The molecule has 0 aliphatic heterocycles. The van der Waals surface area contributed by atoms with Gasteiger partial charge in [-0.1, -0.05) is 41.9 Å². The first kappa shape index (κ1) is 18.4. The summed E-state index contributed by atoms with van der Waals surface area (Å²) in [6, 6.07) is 18.7. The van der Waals surface area contributed by atoms with Crippen molar-refractivity contribution >= 4 is 38.4 Å². The Morgan fingerprint density at radius 2 is 1.65 bits per heavy atom. The van der Waals surface area contributed by atoms with E-state index in [2.05, 4.69) is 0 Å². The van der Waals surface area contributed by atoms with E-state index in [4.69, 9.17) is 16.3 Å². The number of likely N-dealkylation sites (N-methyl/N-ethyl adjacent to an activating group) is 1. The number of hydrogen-bond donors (Lipinski definition) is 0. The van der Waals surface area contributed by atoms with Crippen molar-refractivity contribution < 1.29 is 17.9 Å². The van der Waals surface area contributed by atoms with Crippen LogP contribution in [-0.4, -0.2) is 32.3 Å². The maximum absolute atomic E-state index is 12.5. The second-order valence-corrected chi connectivity index (χ2v) is 8.18. The summed E-state index contributed by atoms with van der Waals surface area (Å²) < 4.78 is 31.2. The summed E-state index contributed by atoms with van der Waals surface area (Å²) in [5.74, 6) is -0.300. The molecule has 0 aliphatic carbocycles. The molecule has 0 saturated heterocycles. The van der Waals surface area contributed by atoms with E-state index >= 15 is 0 Å². The first-order valence-electron chi connectivity index (χ1n) is 7.78. The topological polar surface area (TPSA) is 63.7 Å². The molecule has 0 saturated carbocycles. The molecule has 7 heteroatoms.